The molecule has 0 amide bonds. The second kappa shape index (κ2) is 3.18. The van der Waals surface area contributed by atoms with Crippen molar-refractivity contribution < 1.29 is 0 Å². The SMILES string of the molecule is Cc1nn(C(C)C)c2c(C)n[nH]c(=O)c12. The van der Waals surface area contributed by atoms with Gasteiger partial charge < -0.3 is 0 Å². The van der Waals surface area contributed by atoms with E-state index in [1.54, 1.807) is 0 Å². The van der Waals surface area contributed by atoms with Crippen molar-refractivity contribution in [2.24, 2.45) is 0 Å². The molecule has 0 unspecified atom stereocenters. The van der Waals surface area contributed by atoms with Crippen LogP contribution in [0.25, 0.3) is 10.9 Å². The molecule has 0 bridgehead atoms. The summed E-state index contributed by atoms with van der Waals surface area (Å²) < 4.78 is 1.85. The Morgan fingerprint density at radius 2 is 1.93 bits per heavy atom. The quantitative estimate of drug-likeness (QED) is 0.765. The average molecular weight is 206 g/mol. The van der Waals surface area contributed by atoms with E-state index in [4.69, 9.17) is 0 Å². The normalized spacial score (nSPS) is 11.5. The molecule has 0 atom stereocenters. The van der Waals surface area contributed by atoms with Gasteiger partial charge in [-0.25, -0.2) is 5.10 Å². The maximum Gasteiger partial charge on any atom is 0.275 e. The minimum atomic E-state index is -0.167. The number of H-pyrrole nitrogens is 1. The highest BCUT2D eigenvalue weighted by molar-refractivity contribution is 5.82. The van der Waals surface area contributed by atoms with Crippen LogP contribution in [0.1, 0.15) is 31.3 Å². The van der Waals surface area contributed by atoms with Crippen molar-refractivity contribution >= 4 is 10.9 Å². The Hall–Kier alpha value is -1.65. The summed E-state index contributed by atoms with van der Waals surface area (Å²) in [6.45, 7) is 7.78. The van der Waals surface area contributed by atoms with E-state index in [9.17, 15) is 4.79 Å². The fourth-order valence-corrected chi connectivity index (χ4v) is 1.78. The second-order valence-corrected chi connectivity index (χ2v) is 3.99. The molecule has 1 N–H and O–H groups in total. The molecule has 2 heterocycles. The Balaban J connectivity index is 2.99. The number of nitrogens with one attached hydrogen (secondary N) is 1. The molecule has 0 aromatic carbocycles. The van der Waals surface area contributed by atoms with Gasteiger partial charge in [0.1, 0.15) is 0 Å². The molecule has 0 spiro atoms. The molecule has 0 aliphatic rings. The van der Waals surface area contributed by atoms with Crippen molar-refractivity contribution in [3.63, 3.8) is 0 Å². The van der Waals surface area contributed by atoms with Crippen LogP contribution in [-0.2, 0) is 0 Å². The zero-order valence-electron chi connectivity index (χ0n) is 9.33. The van der Waals surface area contributed by atoms with E-state index in [1.165, 1.54) is 0 Å². The van der Waals surface area contributed by atoms with Crippen LogP contribution < -0.4 is 5.56 Å². The van der Waals surface area contributed by atoms with Gasteiger partial charge in [-0.15, -0.1) is 0 Å². The number of fused-ring (bicyclic) bond motifs is 1. The summed E-state index contributed by atoms with van der Waals surface area (Å²) in [4.78, 5) is 11.6. The van der Waals surface area contributed by atoms with Crippen molar-refractivity contribution in [2.75, 3.05) is 0 Å². The van der Waals surface area contributed by atoms with Gasteiger partial charge in [0.15, 0.2) is 0 Å². The highest BCUT2D eigenvalue weighted by Crippen LogP contribution is 2.19. The first-order valence-corrected chi connectivity index (χ1v) is 4.96. The lowest BCUT2D eigenvalue weighted by Gasteiger charge is -2.07. The molecule has 15 heavy (non-hydrogen) atoms. The Bertz CT molecular complexity index is 565. The highest BCUT2D eigenvalue weighted by atomic mass is 16.1. The van der Waals surface area contributed by atoms with Gasteiger partial charge in [0.05, 0.1) is 22.3 Å². The first-order valence-electron chi connectivity index (χ1n) is 4.96. The maximum atomic E-state index is 11.6. The molecule has 0 aliphatic heterocycles. The molecular formula is C10H14N4O. The van der Waals surface area contributed by atoms with Gasteiger partial charge in [0, 0.05) is 6.04 Å². The lowest BCUT2D eigenvalue weighted by atomic mass is 10.2. The van der Waals surface area contributed by atoms with Crippen molar-refractivity contribution in [1.29, 1.82) is 0 Å². The van der Waals surface area contributed by atoms with Gasteiger partial charge in [-0.3, -0.25) is 9.48 Å². The zero-order valence-corrected chi connectivity index (χ0v) is 9.33. The monoisotopic (exact) mass is 206 g/mol. The summed E-state index contributed by atoms with van der Waals surface area (Å²) in [7, 11) is 0. The third kappa shape index (κ3) is 1.35. The van der Waals surface area contributed by atoms with Crippen LogP contribution in [0.5, 0.6) is 0 Å². The summed E-state index contributed by atoms with van der Waals surface area (Å²) in [6, 6.07) is 0.225. The topological polar surface area (TPSA) is 63.6 Å². The molecular weight excluding hydrogens is 192 g/mol. The average Bonchev–Trinajstić information content (AvgIpc) is 2.51. The summed E-state index contributed by atoms with van der Waals surface area (Å²) in [5.74, 6) is 0. The third-order valence-corrected chi connectivity index (χ3v) is 2.47. The summed E-state index contributed by atoms with van der Waals surface area (Å²) in [5, 5.41) is 11.5. The van der Waals surface area contributed by atoms with Crippen LogP contribution >= 0.6 is 0 Å². The largest absolute Gasteiger partial charge is 0.275 e. The van der Waals surface area contributed by atoms with E-state index >= 15 is 0 Å². The predicted octanol–water partition coefficient (Wildman–Crippen LogP) is 1.32. The minimum absolute atomic E-state index is 0.167. The number of hydrogen-bond acceptors (Lipinski definition) is 3. The van der Waals surface area contributed by atoms with Crippen molar-refractivity contribution in [3.8, 4) is 0 Å². The first-order chi connectivity index (χ1) is 7.02. The Morgan fingerprint density at radius 3 is 2.53 bits per heavy atom. The predicted molar refractivity (Wildman–Crippen MR) is 58.0 cm³/mol. The number of aromatic amines is 1. The van der Waals surface area contributed by atoms with E-state index in [-0.39, 0.29) is 11.6 Å². The van der Waals surface area contributed by atoms with Crippen LogP contribution in [0.15, 0.2) is 4.79 Å². The molecule has 2 rings (SSSR count). The van der Waals surface area contributed by atoms with Crippen LogP contribution in [-0.4, -0.2) is 20.0 Å². The van der Waals surface area contributed by atoms with Crippen LogP contribution in [0.2, 0.25) is 0 Å². The molecule has 2 aromatic rings. The van der Waals surface area contributed by atoms with Crippen molar-refractivity contribution in [1.82, 2.24) is 20.0 Å². The molecule has 0 saturated carbocycles. The molecule has 0 radical (unpaired) electrons. The van der Waals surface area contributed by atoms with Gasteiger partial charge in [0.2, 0.25) is 0 Å². The Labute approximate surface area is 87.1 Å². The van der Waals surface area contributed by atoms with Crippen LogP contribution in [0, 0.1) is 13.8 Å². The number of aryl methyl sites for hydroxylation is 2. The number of aromatic nitrogens is 4. The van der Waals surface area contributed by atoms with Gasteiger partial charge in [-0.2, -0.15) is 10.2 Å². The van der Waals surface area contributed by atoms with Crippen LogP contribution in [0.3, 0.4) is 0 Å². The number of hydrogen-bond donors (Lipinski definition) is 1. The Morgan fingerprint density at radius 1 is 1.27 bits per heavy atom. The van der Waals surface area contributed by atoms with E-state index in [2.05, 4.69) is 15.3 Å². The number of rotatable bonds is 1. The molecule has 0 aliphatic carbocycles. The second-order valence-electron chi connectivity index (χ2n) is 3.99. The molecule has 0 saturated heterocycles. The summed E-state index contributed by atoms with van der Waals surface area (Å²) >= 11 is 0. The van der Waals surface area contributed by atoms with Crippen molar-refractivity contribution in [3.05, 3.63) is 21.7 Å². The molecule has 5 heteroatoms. The van der Waals surface area contributed by atoms with Crippen molar-refractivity contribution in [2.45, 2.75) is 33.7 Å². The van der Waals surface area contributed by atoms with E-state index in [1.807, 2.05) is 32.4 Å². The fourth-order valence-electron chi connectivity index (χ4n) is 1.78. The van der Waals surface area contributed by atoms with Crippen LogP contribution in [0.4, 0.5) is 0 Å². The van der Waals surface area contributed by atoms with E-state index in [0.29, 0.717) is 5.39 Å². The van der Waals surface area contributed by atoms with Gasteiger partial charge in [-0.1, -0.05) is 0 Å². The minimum Gasteiger partial charge on any atom is -0.267 e. The molecule has 5 nitrogen and oxygen atoms in total. The smallest absolute Gasteiger partial charge is 0.267 e. The fraction of sp³-hybridized carbons (Fsp3) is 0.500. The molecule has 2 aromatic heterocycles. The summed E-state index contributed by atoms with van der Waals surface area (Å²) in [6.07, 6.45) is 0. The zero-order chi connectivity index (χ0) is 11.2. The van der Waals surface area contributed by atoms with E-state index in [0.717, 1.165) is 16.9 Å². The van der Waals surface area contributed by atoms with Gasteiger partial charge in [-0.05, 0) is 27.7 Å². The maximum absolute atomic E-state index is 11.6. The first kappa shape index (κ1) is 9.89. The third-order valence-electron chi connectivity index (χ3n) is 2.47. The Kier molecular flexibility index (Phi) is 2.10. The molecule has 80 valence electrons. The lowest BCUT2D eigenvalue weighted by molar-refractivity contribution is 0.545. The lowest BCUT2D eigenvalue weighted by Crippen LogP contribution is -2.11. The summed E-state index contributed by atoms with van der Waals surface area (Å²) in [5.41, 5.74) is 2.23. The van der Waals surface area contributed by atoms with E-state index < -0.39 is 0 Å². The standard InChI is InChI=1S/C10H14N4O/c1-5(2)14-9-7(4)11-12-10(15)8(9)6(3)13-14/h5H,1-4H3,(H,12,15). The van der Waals surface area contributed by atoms with Gasteiger partial charge >= 0.3 is 0 Å². The van der Waals surface area contributed by atoms with Gasteiger partial charge in [0.25, 0.3) is 5.56 Å². The number of nitrogens with zero attached hydrogens (tertiary/aromatic N) is 3. The molecule has 0 fully saturated rings. The highest BCUT2D eigenvalue weighted by Gasteiger charge is 2.15.